The summed E-state index contributed by atoms with van der Waals surface area (Å²) in [5, 5.41) is 0.668. The molecule has 0 bridgehead atoms. The second-order valence-electron chi connectivity index (χ2n) is 7.73. The van der Waals surface area contributed by atoms with Gasteiger partial charge in [-0.05, 0) is 63.8 Å². The Balaban J connectivity index is 0.00000289. The van der Waals surface area contributed by atoms with Crippen molar-refractivity contribution in [2.45, 2.75) is 13.3 Å². The number of aromatic nitrogens is 1. The molecule has 0 spiro atoms. The van der Waals surface area contributed by atoms with Crippen LogP contribution < -0.4 is 19.1 Å². The zero-order valence-electron chi connectivity index (χ0n) is 18.7. The first-order valence-corrected chi connectivity index (χ1v) is 11.1. The zero-order chi connectivity index (χ0) is 22.0. The molecule has 0 radical (unpaired) electrons. The first-order valence-electron chi connectivity index (χ1n) is 10.3. The van der Waals surface area contributed by atoms with E-state index in [-0.39, 0.29) is 18.3 Å². The van der Waals surface area contributed by atoms with Gasteiger partial charge in [0.1, 0.15) is 24.5 Å². The van der Waals surface area contributed by atoms with Crippen LogP contribution >= 0.6 is 23.7 Å². The Morgan fingerprint density at radius 3 is 2.59 bits per heavy atom. The number of amides is 1. The average Bonchev–Trinajstić information content (AvgIpc) is 3.22. The number of hydrogen-bond donors (Lipinski definition) is 0. The predicted octanol–water partition coefficient (Wildman–Crippen LogP) is 4.40. The number of hydrogen-bond acceptors (Lipinski definition) is 7. The summed E-state index contributed by atoms with van der Waals surface area (Å²) in [5.74, 6) is 1.88. The number of rotatable bonds is 7. The molecule has 32 heavy (non-hydrogen) atoms. The first-order chi connectivity index (χ1) is 15.0. The molecule has 0 unspecified atom stereocenters. The molecule has 0 N–H and O–H groups in total. The van der Waals surface area contributed by atoms with E-state index in [4.69, 9.17) is 19.2 Å². The van der Waals surface area contributed by atoms with Crippen LogP contribution in [0, 0.1) is 6.92 Å². The van der Waals surface area contributed by atoms with E-state index in [1.807, 2.05) is 33.2 Å². The molecule has 1 aliphatic heterocycles. The number of carbonyl (C=O) groups excluding carboxylic acids is 1. The van der Waals surface area contributed by atoms with Crippen LogP contribution in [0.2, 0.25) is 0 Å². The quantitative estimate of drug-likeness (QED) is 0.502. The fourth-order valence-electron chi connectivity index (χ4n) is 3.54. The van der Waals surface area contributed by atoms with Crippen molar-refractivity contribution in [2.24, 2.45) is 0 Å². The molecule has 172 valence electrons. The number of anilines is 1. The number of ether oxygens (including phenoxy) is 3. The van der Waals surface area contributed by atoms with Gasteiger partial charge in [0.15, 0.2) is 16.6 Å². The van der Waals surface area contributed by atoms with Gasteiger partial charge in [-0.2, -0.15) is 0 Å². The smallest absolute Gasteiger partial charge is 0.260 e. The molecule has 1 amide bonds. The summed E-state index contributed by atoms with van der Waals surface area (Å²) in [5.41, 5.74) is 2.45. The van der Waals surface area contributed by atoms with Crippen molar-refractivity contribution in [3.63, 3.8) is 0 Å². The van der Waals surface area contributed by atoms with E-state index in [2.05, 4.69) is 4.90 Å². The Morgan fingerprint density at radius 1 is 1.12 bits per heavy atom. The Hall–Kier alpha value is -2.55. The van der Waals surface area contributed by atoms with Gasteiger partial charge in [0, 0.05) is 12.1 Å². The van der Waals surface area contributed by atoms with E-state index in [9.17, 15) is 4.79 Å². The lowest BCUT2D eigenvalue weighted by molar-refractivity contribution is 0.0984. The van der Waals surface area contributed by atoms with Crippen molar-refractivity contribution in [3.8, 4) is 17.2 Å². The Kier molecular flexibility index (Phi) is 7.82. The molecule has 9 heteroatoms. The molecule has 1 aromatic heterocycles. The maximum Gasteiger partial charge on any atom is 0.260 e. The van der Waals surface area contributed by atoms with E-state index < -0.39 is 0 Å². The van der Waals surface area contributed by atoms with E-state index >= 15 is 0 Å². The largest absolute Gasteiger partial charge is 0.494 e. The van der Waals surface area contributed by atoms with Gasteiger partial charge in [0.25, 0.3) is 5.91 Å². The minimum Gasteiger partial charge on any atom is -0.494 e. The summed E-state index contributed by atoms with van der Waals surface area (Å²) in [6.07, 6.45) is 0.829. The summed E-state index contributed by atoms with van der Waals surface area (Å²) in [7, 11) is 5.69. The first kappa shape index (κ1) is 24.1. The molecule has 7 nitrogen and oxygen atoms in total. The van der Waals surface area contributed by atoms with Gasteiger partial charge >= 0.3 is 0 Å². The maximum absolute atomic E-state index is 13.6. The highest BCUT2D eigenvalue weighted by atomic mass is 35.5. The summed E-state index contributed by atoms with van der Waals surface area (Å²) in [6.45, 7) is 4.48. The van der Waals surface area contributed by atoms with Crippen LogP contribution in [0.1, 0.15) is 22.3 Å². The minimum absolute atomic E-state index is 0. The number of carbonyl (C=O) groups is 1. The molecule has 0 fully saturated rings. The fourth-order valence-corrected chi connectivity index (χ4v) is 4.62. The normalized spacial score (nSPS) is 12.5. The van der Waals surface area contributed by atoms with E-state index in [1.54, 1.807) is 30.2 Å². The second kappa shape index (κ2) is 10.4. The number of thiazole rings is 1. The fraction of sp³-hybridized carbons (Fsp3) is 0.391. The van der Waals surface area contributed by atoms with Crippen LogP contribution in [0.3, 0.4) is 0 Å². The van der Waals surface area contributed by atoms with Crippen LogP contribution in [-0.2, 0) is 0 Å². The SMILES string of the molecule is COc1ccc(C)c2sc(N(CCCN(C)C)C(=O)c3ccc4c(c3)OCCO4)nc12.Cl. The topological polar surface area (TPSA) is 64.1 Å². The van der Waals surface area contributed by atoms with E-state index in [0.717, 1.165) is 28.7 Å². The highest BCUT2D eigenvalue weighted by Gasteiger charge is 2.24. The third-order valence-electron chi connectivity index (χ3n) is 5.16. The van der Waals surface area contributed by atoms with Crippen LogP contribution in [0.15, 0.2) is 30.3 Å². The molecular formula is C23H28ClN3O4S. The van der Waals surface area contributed by atoms with Gasteiger partial charge in [-0.25, -0.2) is 4.98 Å². The lowest BCUT2D eigenvalue weighted by atomic mass is 10.1. The van der Waals surface area contributed by atoms with Crippen molar-refractivity contribution >= 4 is 45.0 Å². The standard InChI is InChI=1S/C23H27N3O4S.ClH/c1-15-6-8-18(28-4)20-21(15)31-23(24-20)26(11-5-10-25(2)3)22(27)16-7-9-17-19(14-16)30-13-12-29-17;/h6-9,14H,5,10-13H2,1-4H3;1H. The van der Waals surface area contributed by atoms with Gasteiger partial charge in [0.05, 0.1) is 11.8 Å². The molecule has 1 aliphatic rings. The summed E-state index contributed by atoms with van der Waals surface area (Å²) in [4.78, 5) is 22.3. The second-order valence-corrected chi connectivity index (χ2v) is 8.71. The molecule has 0 saturated heterocycles. The minimum atomic E-state index is -0.105. The number of nitrogens with zero attached hydrogens (tertiary/aromatic N) is 3. The molecule has 0 saturated carbocycles. The third-order valence-corrected chi connectivity index (χ3v) is 6.38. The van der Waals surface area contributed by atoms with Crippen LogP contribution in [0.5, 0.6) is 17.2 Å². The summed E-state index contributed by atoms with van der Waals surface area (Å²) < 4.78 is 17.8. The van der Waals surface area contributed by atoms with Gasteiger partial charge in [-0.15, -0.1) is 12.4 Å². The summed E-state index contributed by atoms with van der Waals surface area (Å²) in [6, 6.07) is 9.27. The summed E-state index contributed by atoms with van der Waals surface area (Å²) >= 11 is 1.52. The van der Waals surface area contributed by atoms with E-state index in [1.165, 1.54) is 11.3 Å². The molecule has 2 heterocycles. The lowest BCUT2D eigenvalue weighted by Gasteiger charge is -2.23. The Labute approximate surface area is 198 Å². The molecule has 3 aromatic rings. The third kappa shape index (κ3) is 4.92. The maximum atomic E-state index is 13.6. The number of fused-ring (bicyclic) bond motifs is 2. The molecule has 4 rings (SSSR count). The van der Waals surface area contributed by atoms with Crippen LogP contribution in [-0.4, -0.2) is 63.3 Å². The van der Waals surface area contributed by atoms with Crippen LogP contribution in [0.25, 0.3) is 10.2 Å². The molecule has 0 atom stereocenters. The number of halogens is 1. The highest BCUT2D eigenvalue weighted by molar-refractivity contribution is 7.22. The zero-order valence-corrected chi connectivity index (χ0v) is 20.3. The van der Waals surface area contributed by atoms with Crippen molar-refractivity contribution in [1.82, 2.24) is 9.88 Å². The Morgan fingerprint density at radius 2 is 1.88 bits per heavy atom. The van der Waals surface area contributed by atoms with Gasteiger partial charge in [-0.3, -0.25) is 9.69 Å². The van der Waals surface area contributed by atoms with Gasteiger partial charge < -0.3 is 19.1 Å². The van der Waals surface area contributed by atoms with Crippen molar-refractivity contribution in [3.05, 3.63) is 41.5 Å². The molecule has 0 aliphatic carbocycles. The average molecular weight is 478 g/mol. The number of methoxy groups -OCH3 is 1. The predicted molar refractivity (Wildman–Crippen MR) is 130 cm³/mol. The Bertz CT molecular complexity index is 1100. The van der Waals surface area contributed by atoms with Gasteiger partial charge in [-0.1, -0.05) is 17.4 Å². The molecule has 2 aromatic carbocycles. The van der Waals surface area contributed by atoms with Crippen molar-refractivity contribution in [1.29, 1.82) is 0 Å². The number of benzene rings is 2. The van der Waals surface area contributed by atoms with Crippen molar-refractivity contribution in [2.75, 3.05) is 52.4 Å². The lowest BCUT2D eigenvalue weighted by Crippen LogP contribution is -2.33. The monoisotopic (exact) mass is 477 g/mol. The molecular weight excluding hydrogens is 450 g/mol. The van der Waals surface area contributed by atoms with E-state index in [0.29, 0.717) is 47.7 Å². The van der Waals surface area contributed by atoms with Crippen molar-refractivity contribution < 1.29 is 19.0 Å². The van der Waals surface area contributed by atoms with Crippen LogP contribution in [0.4, 0.5) is 5.13 Å². The number of aryl methyl sites for hydroxylation is 1. The highest BCUT2D eigenvalue weighted by Crippen LogP contribution is 2.37. The van der Waals surface area contributed by atoms with Gasteiger partial charge in [0.2, 0.25) is 0 Å².